The summed E-state index contributed by atoms with van der Waals surface area (Å²) in [5.74, 6) is -0.550. The van der Waals surface area contributed by atoms with Gasteiger partial charge >= 0.3 is 6.61 Å². The van der Waals surface area contributed by atoms with Gasteiger partial charge in [-0.05, 0) is 55.5 Å². The van der Waals surface area contributed by atoms with Gasteiger partial charge in [0.2, 0.25) is 5.91 Å². The Morgan fingerprint density at radius 2 is 1.84 bits per heavy atom. The number of hydrogen-bond acceptors (Lipinski definition) is 3. The summed E-state index contributed by atoms with van der Waals surface area (Å²) in [5.41, 5.74) is 1.38. The van der Waals surface area contributed by atoms with Crippen LogP contribution in [0.1, 0.15) is 22.8 Å². The second-order valence-corrected chi connectivity index (χ2v) is 5.93. The third-order valence-corrected chi connectivity index (χ3v) is 3.65. The smallest absolute Gasteiger partial charge is 0.387 e. The van der Waals surface area contributed by atoms with Crippen LogP contribution in [0.2, 0.25) is 0 Å². The number of amides is 1. The highest BCUT2D eigenvalue weighted by atomic mass is 79.9. The summed E-state index contributed by atoms with van der Waals surface area (Å²) in [5, 5.41) is 2.62. The fourth-order valence-electron chi connectivity index (χ4n) is 1.99. The number of Topliss-reactive ketones (excluding diaryl/α,β-unsaturated/α-hetero) is 1. The third-order valence-electron chi connectivity index (χ3n) is 3.16. The lowest BCUT2D eigenvalue weighted by Crippen LogP contribution is -2.08. The van der Waals surface area contributed by atoms with Crippen LogP contribution in [0.4, 0.5) is 14.5 Å². The molecule has 0 aliphatic heterocycles. The van der Waals surface area contributed by atoms with Crippen molar-refractivity contribution in [3.8, 4) is 5.75 Å². The van der Waals surface area contributed by atoms with Gasteiger partial charge in [-0.2, -0.15) is 8.78 Å². The number of ketones is 1. The van der Waals surface area contributed by atoms with E-state index >= 15 is 0 Å². The number of alkyl halides is 2. The maximum Gasteiger partial charge on any atom is 0.387 e. The second-order valence-electron chi connectivity index (χ2n) is 5.02. The Kier molecular flexibility index (Phi) is 6.41. The molecule has 25 heavy (non-hydrogen) atoms. The molecule has 130 valence electrons. The Balaban J connectivity index is 2.09. The van der Waals surface area contributed by atoms with Gasteiger partial charge in [0.1, 0.15) is 5.75 Å². The minimum atomic E-state index is -2.96. The number of anilines is 1. The van der Waals surface area contributed by atoms with Gasteiger partial charge < -0.3 is 10.1 Å². The zero-order chi connectivity index (χ0) is 18.4. The monoisotopic (exact) mass is 409 g/mol. The molecule has 0 unspecified atom stereocenters. The summed E-state index contributed by atoms with van der Waals surface area (Å²) in [6.07, 6.45) is 2.58. The first-order valence-electron chi connectivity index (χ1n) is 7.19. The molecule has 0 aliphatic carbocycles. The quantitative estimate of drug-likeness (QED) is 0.544. The van der Waals surface area contributed by atoms with Gasteiger partial charge in [0.25, 0.3) is 0 Å². The first kappa shape index (κ1) is 18.8. The number of hydrogen-bond donors (Lipinski definition) is 1. The molecule has 1 amide bonds. The van der Waals surface area contributed by atoms with E-state index in [-0.39, 0.29) is 11.5 Å². The van der Waals surface area contributed by atoms with Crippen molar-refractivity contribution in [3.05, 3.63) is 64.1 Å². The predicted molar refractivity (Wildman–Crippen MR) is 94.9 cm³/mol. The standard InChI is InChI=1S/C18H14BrF2NO3/c1-11(23)12-2-6-15(7-3-12)22-17(24)9-4-13-10-14(19)5-8-16(13)25-18(20)21/h2-10,18H,1H3,(H,22,24)/b9-4+. The molecule has 0 saturated heterocycles. The van der Waals surface area contributed by atoms with Gasteiger partial charge in [-0.3, -0.25) is 9.59 Å². The van der Waals surface area contributed by atoms with Gasteiger partial charge in [0.05, 0.1) is 0 Å². The molecule has 0 atom stereocenters. The normalized spacial score (nSPS) is 10.9. The number of halogens is 3. The van der Waals surface area contributed by atoms with Crippen LogP contribution in [0, 0.1) is 0 Å². The molecule has 0 saturated carbocycles. The molecular formula is C18H14BrF2NO3. The summed E-state index contributed by atoms with van der Waals surface area (Å²) in [6.45, 7) is -1.50. The zero-order valence-electron chi connectivity index (χ0n) is 13.1. The largest absolute Gasteiger partial charge is 0.434 e. The van der Waals surface area contributed by atoms with E-state index < -0.39 is 12.5 Å². The molecule has 2 aromatic carbocycles. The van der Waals surface area contributed by atoms with Crippen molar-refractivity contribution in [1.82, 2.24) is 0 Å². The number of rotatable bonds is 6. The van der Waals surface area contributed by atoms with Gasteiger partial charge in [-0.15, -0.1) is 0 Å². The minimum absolute atomic E-state index is 0.0342. The first-order valence-corrected chi connectivity index (χ1v) is 7.99. The van der Waals surface area contributed by atoms with Crippen LogP contribution in [0.25, 0.3) is 6.08 Å². The summed E-state index contributed by atoms with van der Waals surface area (Å²) < 4.78 is 29.9. The van der Waals surface area contributed by atoms with E-state index in [1.807, 2.05) is 0 Å². The SMILES string of the molecule is CC(=O)c1ccc(NC(=O)/C=C/c2cc(Br)ccc2OC(F)F)cc1. The molecule has 0 heterocycles. The highest BCUT2D eigenvalue weighted by molar-refractivity contribution is 9.10. The maximum atomic E-state index is 12.4. The van der Waals surface area contributed by atoms with Gasteiger partial charge in [-0.1, -0.05) is 15.9 Å². The van der Waals surface area contributed by atoms with Crippen molar-refractivity contribution < 1.29 is 23.1 Å². The van der Waals surface area contributed by atoms with Crippen LogP contribution >= 0.6 is 15.9 Å². The van der Waals surface area contributed by atoms with E-state index in [1.165, 1.54) is 25.1 Å². The van der Waals surface area contributed by atoms with Gasteiger partial charge in [0.15, 0.2) is 5.78 Å². The summed E-state index contributed by atoms with van der Waals surface area (Å²) in [4.78, 5) is 23.2. The summed E-state index contributed by atoms with van der Waals surface area (Å²) in [6, 6.07) is 10.9. The summed E-state index contributed by atoms with van der Waals surface area (Å²) in [7, 11) is 0. The average Bonchev–Trinajstić information content (AvgIpc) is 2.55. The lowest BCUT2D eigenvalue weighted by molar-refractivity contribution is -0.111. The van der Waals surface area contributed by atoms with Gasteiger partial charge in [0, 0.05) is 27.4 Å². The van der Waals surface area contributed by atoms with Gasteiger partial charge in [-0.25, -0.2) is 0 Å². The van der Waals surface area contributed by atoms with Crippen LogP contribution < -0.4 is 10.1 Å². The number of nitrogens with one attached hydrogen (secondary N) is 1. The Morgan fingerprint density at radius 1 is 1.16 bits per heavy atom. The number of carbonyl (C=O) groups is 2. The molecule has 7 heteroatoms. The third kappa shape index (κ3) is 5.79. The molecule has 4 nitrogen and oxygen atoms in total. The second kappa shape index (κ2) is 8.53. The molecule has 1 N–H and O–H groups in total. The van der Waals surface area contributed by atoms with Crippen LogP contribution in [-0.2, 0) is 4.79 Å². The molecule has 0 aromatic heterocycles. The highest BCUT2D eigenvalue weighted by Crippen LogP contribution is 2.26. The van der Waals surface area contributed by atoms with Crippen molar-refractivity contribution in [1.29, 1.82) is 0 Å². The summed E-state index contributed by atoms with van der Waals surface area (Å²) >= 11 is 3.24. The van der Waals surface area contributed by atoms with Crippen LogP contribution in [-0.4, -0.2) is 18.3 Å². The van der Waals surface area contributed by atoms with Crippen LogP contribution in [0.15, 0.2) is 53.0 Å². The Hall–Kier alpha value is -2.54. The van der Waals surface area contributed by atoms with Crippen molar-refractivity contribution in [2.45, 2.75) is 13.5 Å². The minimum Gasteiger partial charge on any atom is -0.434 e. The van der Waals surface area contributed by atoms with Crippen molar-refractivity contribution in [3.63, 3.8) is 0 Å². The zero-order valence-corrected chi connectivity index (χ0v) is 14.7. The maximum absolute atomic E-state index is 12.4. The lowest BCUT2D eigenvalue weighted by atomic mass is 10.1. The fourth-order valence-corrected chi connectivity index (χ4v) is 2.37. The van der Waals surface area contributed by atoms with Crippen LogP contribution in [0.5, 0.6) is 5.75 Å². The highest BCUT2D eigenvalue weighted by Gasteiger charge is 2.09. The van der Waals surface area contributed by atoms with E-state index in [2.05, 4.69) is 26.0 Å². The van der Waals surface area contributed by atoms with E-state index in [0.717, 1.165) is 0 Å². The Bertz CT molecular complexity index is 804. The van der Waals surface area contributed by atoms with Crippen molar-refractivity contribution >= 4 is 39.4 Å². The predicted octanol–water partition coefficient (Wildman–Crippen LogP) is 4.91. The molecule has 0 radical (unpaired) electrons. The van der Waals surface area contributed by atoms with E-state index in [0.29, 0.717) is 21.3 Å². The Labute approximate surface area is 151 Å². The number of carbonyl (C=O) groups excluding carboxylic acids is 2. The van der Waals surface area contributed by atoms with Crippen molar-refractivity contribution in [2.24, 2.45) is 0 Å². The fraction of sp³-hybridized carbons (Fsp3) is 0.111. The lowest BCUT2D eigenvalue weighted by Gasteiger charge is -2.08. The molecular weight excluding hydrogens is 396 g/mol. The number of ether oxygens (including phenoxy) is 1. The molecule has 0 aliphatic rings. The van der Waals surface area contributed by atoms with E-state index in [4.69, 9.17) is 0 Å². The van der Waals surface area contributed by atoms with Crippen molar-refractivity contribution in [2.75, 3.05) is 5.32 Å². The molecule has 0 fully saturated rings. The topological polar surface area (TPSA) is 55.4 Å². The molecule has 2 rings (SSSR count). The Morgan fingerprint density at radius 3 is 2.44 bits per heavy atom. The molecule has 2 aromatic rings. The molecule has 0 bridgehead atoms. The average molecular weight is 410 g/mol. The molecule has 0 spiro atoms. The van der Waals surface area contributed by atoms with E-state index in [1.54, 1.807) is 36.4 Å². The first-order chi connectivity index (χ1) is 11.8. The number of benzene rings is 2. The van der Waals surface area contributed by atoms with Crippen LogP contribution in [0.3, 0.4) is 0 Å². The van der Waals surface area contributed by atoms with E-state index in [9.17, 15) is 18.4 Å².